The zero-order chi connectivity index (χ0) is 14.8. The van der Waals surface area contributed by atoms with Crippen LogP contribution in [0, 0.1) is 0 Å². The van der Waals surface area contributed by atoms with E-state index in [1.165, 1.54) is 25.3 Å². The summed E-state index contributed by atoms with van der Waals surface area (Å²) in [5.41, 5.74) is 0.616. The molecule has 1 aliphatic heterocycles. The second-order valence-electron chi connectivity index (χ2n) is 4.29. The van der Waals surface area contributed by atoms with Crippen molar-refractivity contribution in [3.63, 3.8) is 0 Å². The van der Waals surface area contributed by atoms with Gasteiger partial charge in [-0.2, -0.15) is 0 Å². The third-order valence-corrected chi connectivity index (χ3v) is 3.74. The second kappa shape index (κ2) is 5.78. The van der Waals surface area contributed by atoms with Crippen LogP contribution in [0.3, 0.4) is 0 Å². The Morgan fingerprint density at radius 2 is 2.20 bits per heavy atom. The van der Waals surface area contributed by atoms with Crippen molar-refractivity contribution in [1.82, 2.24) is 0 Å². The molecule has 1 heterocycles. The number of hydrogen-bond donors (Lipinski definition) is 1. The van der Waals surface area contributed by atoms with E-state index in [4.69, 9.17) is 19.3 Å². The SMILES string of the molecule is COCCOC(=O)C1Cc2cc(S(N)(=O)=O)ccc2O1. The van der Waals surface area contributed by atoms with Crippen LogP contribution in [0.2, 0.25) is 0 Å². The maximum atomic E-state index is 11.7. The van der Waals surface area contributed by atoms with Crippen LogP contribution in [-0.2, 0) is 30.7 Å². The molecule has 2 N–H and O–H groups in total. The van der Waals surface area contributed by atoms with Crippen molar-refractivity contribution in [3.8, 4) is 5.75 Å². The van der Waals surface area contributed by atoms with Crippen LogP contribution in [0.4, 0.5) is 0 Å². The van der Waals surface area contributed by atoms with Crippen molar-refractivity contribution in [1.29, 1.82) is 0 Å². The number of esters is 1. The molecule has 0 saturated heterocycles. The van der Waals surface area contributed by atoms with Gasteiger partial charge in [0.1, 0.15) is 12.4 Å². The fourth-order valence-corrected chi connectivity index (χ4v) is 2.42. The first-order chi connectivity index (χ1) is 9.41. The summed E-state index contributed by atoms with van der Waals surface area (Å²) < 4.78 is 37.7. The Morgan fingerprint density at radius 3 is 2.85 bits per heavy atom. The van der Waals surface area contributed by atoms with E-state index in [-0.39, 0.29) is 17.9 Å². The van der Waals surface area contributed by atoms with Gasteiger partial charge in [-0.15, -0.1) is 0 Å². The Kier molecular flexibility index (Phi) is 4.26. The summed E-state index contributed by atoms with van der Waals surface area (Å²) in [6.07, 6.45) is -0.512. The number of methoxy groups -OCH3 is 1. The van der Waals surface area contributed by atoms with E-state index in [0.717, 1.165) is 0 Å². The van der Waals surface area contributed by atoms with Crippen LogP contribution in [0.1, 0.15) is 5.56 Å². The topological polar surface area (TPSA) is 105 Å². The fraction of sp³-hybridized carbons (Fsp3) is 0.417. The lowest BCUT2D eigenvalue weighted by atomic mass is 10.1. The van der Waals surface area contributed by atoms with Gasteiger partial charge in [-0.25, -0.2) is 18.4 Å². The van der Waals surface area contributed by atoms with E-state index in [2.05, 4.69) is 0 Å². The molecule has 0 saturated carbocycles. The number of primary sulfonamides is 1. The molecule has 0 aromatic heterocycles. The second-order valence-corrected chi connectivity index (χ2v) is 5.85. The lowest BCUT2D eigenvalue weighted by Crippen LogP contribution is -2.28. The summed E-state index contributed by atoms with van der Waals surface area (Å²) in [6.45, 7) is 0.453. The van der Waals surface area contributed by atoms with E-state index in [1.807, 2.05) is 0 Å². The molecule has 1 aromatic rings. The predicted octanol–water partition coefficient (Wildman–Crippen LogP) is -0.173. The number of benzene rings is 1. The highest BCUT2D eigenvalue weighted by molar-refractivity contribution is 7.89. The zero-order valence-corrected chi connectivity index (χ0v) is 11.7. The Labute approximate surface area is 116 Å². The number of ether oxygens (including phenoxy) is 3. The molecule has 0 amide bonds. The van der Waals surface area contributed by atoms with Crippen molar-refractivity contribution in [2.45, 2.75) is 17.4 Å². The maximum absolute atomic E-state index is 11.7. The van der Waals surface area contributed by atoms with Crippen LogP contribution in [0.25, 0.3) is 0 Å². The molecule has 8 heteroatoms. The molecule has 7 nitrogen and oxygen atoms in total. The normalized spacial score (nSPS) is 17.4. The van der Waals surface area contributed by atoms with E-state index < -0.39 is 22.1 Å². The summed E-state index contributed by atoms with van der Waals surface area (Å²) in [4.78, 5) is 11.7. The van der Waals surface area contributed by atoms with Crippen molar-refractivity contribution in [2.24, 2.45) is 5.14 Å². The summed E-state index contributed by atoms with van der Waals surface area (Å²) in [7, 11) is -2.26. The van der Waals surface area contributed by atoms with E-state index in [0.29, 0.717) is 17.9 Å². The molecule has 0 spiro atoms. The number of carbonyl (C=O) groups excluding carboxylic acids is 1. The molecule has 0 bridgehead atoms. The van der Waals surface area contributed by atoms with Gasteiger partial charge in [-0.3, -0.25) is 0 Å². The molecular weight excluding hydrogens is 286 g/mol. The summed E-state index contributed by atoms with van der Waals surface area (Å²) >= 11 is 0. The third-order valence-electron chi connectivity index (χ3n) is 2.83. The number of fused-ring (bicyclic) bond motifs is 1. The van der Waals surface area contributed by atoms with Crippen LogP contribution >= 0.6 is 0 Å². The molecule has 2 rings (SSSR count). The van der Waals surface area contributed by atoms with Gasteiger partial charge in [0.25, 0.3) is 0 Å². The molecule has 20 heavy (non-hydrogen) atoms. The molecule has 1 atom stereocenters. The number of sulfonamides is 1. The van der Waals surface area contributed by atoms with Crippen molar-refractivity contribution in [3.05, 3.63) is 23.8 Å². The molecule has 0 radical (unpaired) electrons. The highest BCUT2D eigenvalue weighted by Gasteiger charge is 2.31. The molecule has 0 aliphatic carbocycles. The lowest BCUT2D eigenvalue weighted by Gasteiger charge is -2.09. The smallest absolute Gasteiger partial charge is 0.347 e. The fourth-order valence-electron chi connectivity index (χ4n) is 1.85. The molecule has 1 aromatic carbocycles. The number of nitrogens with two attached hydrogens (primary N) is 1. The van der Waals surface area contributed by atoms with Gasteiger partial charge in [0.15, 0.2) is 6.10 Å². The Morgan fingerprint density at radius 1 is 1.45 bits per heavy atom. The first-order valence-electron chi connectivity index (χ1n) is 5.90. The van der Waals surface area contributed by atoms with Gasteiger partial charge in [0.05, 0.1) is 11.5 Å². The van der Waals surface area contributed by atoms with Crippen LogP contribution in [-0.4, -0.2) is 40.8 Å². The predicted molar refractivity (Wildman–Crippen MR) is 68.8 cm³/mol. The number of carbonyl (C=O) groups is 1. The van der Waals surface area contributed by atoms with Crippen molar-refractivity contribution >= 4 is 16.0 Å². The average Bonchev–Trinajstić information content (AvgIpc) is 2.80. The van der Waals surface area contributed by atoms with Crippen molar-refractivity contribution in [2.75, 3.05) is 20.3 Å². The average molecular weight is 301 g/mol. The van der Waals surface area contributed by atoms with E-state index in [1.54, 1.807) is 0 Å². The first kappa shape index (κ1) is 14.8. The minimum atomic E-state index is -3.77. The Hall–Kier alpha value is -1.64. The van der Waals surface area contributed by atoms with Crippen molar-refractivity contribution < 1.29 is 27.4 Å². The Balaban J connectivity index is 2.06. The monoisotopic (exact) mass is 301 g/mol. The van der Waals surface area contributed by atoms with Crippen LogP contribution < -0.4 is 9.88 Å². The van der Waals surface area contributed by atoms with Gasteiger partial charge in [0, 0.05) is 13.5 Å². The zero-order valence-electron chi connectivity index (χ0n) is 10.9. The largest absolute Gasteiger partial charge is 0.478 e. The number of hydrogen-bond acceptors (Lipinski definition) is 6. The molecule has 0 fully saturated rings. The van der Waals surface area contributed by atoms with E-state index >= 15 is 0 Å². The Bertz CT molecular complexity index is 612. The van der Waals surface area contributed by atoms with Gasteiger partial charge >= 0.3 is 5.97 Å². The minimum Gasteiger partial charge on any atom is -0.478 e. The first-order valence-corrected chi connectivity index (χ1v) is 7.44. The van der Waals surface area contributed by atoms with E-state index in [9.17, 15) is 13.2 Å². The maximum Gasteiger partial charge on any atom is 0.347 e. The molecule has 110 valence electrons. The summed E-state index contributed by atoms with van der Waals surface area (Å²) in [6, 6.07) is 4.23. The third kappa shape index (κ3) is 3.27. The molecule has 1 aliphatic rings. The lowest BCUT2D eigenvalue weighted by molar-refractivity contribution is -0.152. The highest BCUT2D eigenvalue weighted by Crippen LogP contribution is 2.31. The minimum absolute atomic E-state index is 0.00625. The number of rotatable bonds is 5. The van der Waals surface area contributed by atoms with Gasteiger partial charge in [-0.05, 0) is 23.8 Å². The van der Waals surface area contributed by atoms with Gasteiger partial charge < -0.3 is 14.2 Å². The van der Waals surface area contributed by atoms with Crippen LogP contribution in [0.5, 0.6) is 5.75 Å². The molecular formula is C12H15NO6S. The summed E-state index contributed by atoms with van der Waals surface area (Å²) in [5, 5.41) is 5.05. The van der Waals surface area contributed by atoms with Crippen LogP contribution in [0.15, 0.2) is 23.1 Å². The van der Waals surface area contributed by atoms with Gasteiger partial charge in [-0.1, -0.05) is 0 Å². The molecule has 1 unspecified atom stereocenters. The summed E-state index contributed by atoms with van der Waals surface area (Å²) in [5.74, 6) is -0.0403. The van der Waals surface area contributed by atoms with Gasteiger partial charge in [0.2, 0.25) is 10.0 Å². The highest BCUT2D eigenvalue weighted by atomic mass is 32.2. The quantitative estimate of drug-likeness (QED) is 0.598. The standard InChI is InChI=1S/C12H15NO6S/c1-17-4-5-18-12(14)11-7-8-6-9(20(13,15)16)2-3-10(8)19-11/h2-3,6,11H,4-5,7H2,1H3,(H2,13,15,16).